The van der Waals surface area contributed by atoms with Crippen molar-refractivity contribution in [2.45, 2.75) is 49.8 Å². The van der Waals surface area contributed by atoms with Crippen molar-refractivity contribution >= 4 is 5.91 Å². The molecule has 0 unspecified atom stereocenters. The summed E-state index contributed by atoms with van der Waals surface area (Å²) in [5.74, 6) is -1.76. The van der Waals surface area contributed by atoms with E-state index in [0.29, 0.717) is 12.8 Å². The van der Waals surface area contributed by atoms with Crippen molar-refractivity contribution < 1.29 is 23.1 Å². The Kier molecular flexibility index (Phi) is 4.55. The van der Waals surface area contributed by atoms with Crippen LogP contribution in [0.5, 0.6) is 0 Å². The third-order valence-corrected chi connectivity index (χ3v) is 5.12. The second-order valence-electron chi connectivity index (χ2n) is 7.01. The summed E-state index contributed by atoms with van der Waals surface area (Å²) < 4.78 is 38.6. The summed E-state index contributed by atoms with van der Waals surface area (Å²) in [4.78, 5) is 16.2. The van der Waals surface area contributed by atoms with E-state index in [1.807, 2.05) is 12.1 Å². The average Bonchev–Trinajstić information content (AvgIpc) is 3.33. The van der Waals surface area contributed by atoms with E-state index in [1.165, 1.54) is 0 Å². The molecule has 132 valence electrons. The Morgan fingerprint density at radius 2 is 2.25 bits per heavy atom. The zero-order valence-electron chi connectivity index (χ0n) is 13.2. The Hall–Kier alpha value is -1.63. The second-order valence-corrected chi connectivity index (χ2v) is 7.01. The van der Waals surface area contributed by atoms with Crippen molar-refractivity contribution in [1.29, 1.82) is 0 Å². The minimum Gasteiger partial charge on any atom is -0.388 e. The fourth-order valence-corrected chi connectivity index (χ4v) is 3.61. The standard InChI is InChI=1S/C17H21F3N2O2/c18-17(19,20)12-4-1-5-16(24,8-12)10-22-15(23)14-7-13(14)11-3-2-6-21-9-11/h2-3,6,9,12-14,24H,1,4-5,7-8,10H2,(H,22,23)/t12-,13-,14+,16-/m0/s1. The molecule has 1 aromatic rings. The second kappa shape index (κ2) is 6.35. The predicted octanol–water partition coefficient (Wildman–Crippen LogP) is 2.78. The van der Waals surface area contributed by atoms with Gasteiger partial charge in [0, 0.05) is 24.9 Å². The van der Waals surface area contributed by atoms with Gasteiger partial charge in [-0.2, -0.15) is 13.2 Å². The highest BCUT2D eigenvalue weighted by Crippen LogP contribution is 2.47. The molecule has 0 radical (unpaired) electrons. The highest BCUT2D eigenvalue weighted by Gasteiger charge is 2.48. The maximum absolute atomic E-state index is 12.9. The summed E-state index contributed by atoms with van der Waals surface area (Å²) >= 11 is 0. The van der Waals surface area contributed by atoms with Crippen molar-refractivity contribution in [3.63, 3.8) is 0 Å². The van der Waals surface area contributed by atoms with Gasteiger partial charge in [0.15, 0.2) is 0 Å². The third kappa shape index (κ3) is 3.88. The molecular weight excluding hydrogens is 321 g/mol. The van der Waals surface area contributed by atoms with Gasteiger partial charge in [-0.15, -0.1) is 0 Å². The molecule has 1 aromatic heterocycles. The van der Waals surface area contributed by atoms with E-state index in [2.05, 4.69) is 10.3 Å². The lowest BCUT2D eigenvalue weighted by molar-refractivity contribution is -0.199. The van der Waals surface area contributed by atoms with Crippen LogP contribution in [-0.4, -0.2) is 34.3 Å². The number of nitrogens with zero attached hydrogens (tertiary/aromatic N) is 1. The minimum atomic E-state index is -4.29. The maximum atomic E-state index is 12.9. The number of pyridine rings is 1. The summed E-state index contributed by atoms with van der Waals surface area (Å²) in [6.07, 6.45) is 0.117. The van der Waals surface area contributed by atoms with Crippen LogP contribution in [0.15, 0.2) is 24.5 Å². The summed E-state index contributed by atoms with van der Waals surface area (Å²) in [7, 11) is 0. The van der Waals surface area contributed by atoms with Crippen LogP contribution in [0.4, 0.5) is 13.2 Å². The lowest BCUT2D eigenvalue weighted by Gasteiger charge is -2.37. The largest absolute Gasteiger partial charge is 0.391 e. The molecule has 0 aromatic carbocycles. The van der Waals surface area contributed by atoms with E-state index in [-0.39, 0.29) is 43.6 Å². The molecule has 0 aliphatic heterocycles. The Bertz CT molecular complexity index is 593. The molecule has 3 rings (SSSR count). The van der Waals surface area contributed by atoms with Crippen LogP contribution in [0.2, 0.25) is 0 Å². The molecule has 2 aliphatic rings. The van der Waals surface area contributed by atoms with E-state index in [1.54, 1.807) is 12.4 Å². The first-order valence-corrected chi connectivity index (χ1v) is 8.25. The molecular formula is C17H21F3N2O2. The van der Waals surface area contributed by atoms with E-state index < -0.39 is 17.7 Å². The number of rotatable bonds is 4. The number of hydrogen-bond acceptors (Lipinski definition) is 3. The summed E-state index contributed by atoms with van der Waals surface area (Å²) in [6, 6.07) is 3.72. The van der Waals surface area contributed by atoms with Gasteiger partial charge in [-0.25, -0.2) is 0 Å². The zero-order chi connectivity index (χ0) is 17.4. The molecule has 4 atom stereocenters. The van der Waals surface area contributed by atoms with Crippen LogP contribution in [0.1, 0.15) is 43.6 Å². The molecule has 0 bridgehead atoms. The molecule has 24 heavy (non-hydrogen) atoms. The number of aromatic nitrogens is 1. The fourth-order valence-electron chi connectivity index (χ4n) is 3.61. The topological polar surface area (TPSA) is 62.2 Å². The predicted molar refractivity (Wildman–Crippen MR) is 81.1 cm³/mol. The van der Waals surface area contributed by atoms with Gasteiger partial charge in [-0.1, -0.05) is 6.07 Å². The van der Waals surface area contributed by atoms with Gasteiger partial charge in [0.1, 0.15) is 0 Å². The maximum Gasteiger partial charge on any atom is 0.391 e. The van der Waals surface area contributed by atoms with Crippen molar-refractivity contribution in [2.75, 3.05) is 6.54 Å². The van der Waals surface area contributed by atoms with Crippen LogP contribution >= 0.6 is 0 Å². The number of carbonyl (C=O) groups is 1. The number of nitrogens with one attached hydrogen (secondary N) is 1. The van der Waals surface area contributed by atoms with Crippen LogP contribution in [-0.2, 0) is 4.79 Å². The molecule has 1 heterocycles. The molecule has 2 N–H and O–H groups in total. The van der Waals surface area contributed by atoms with Crippen LogP contribution in [0.3, 0.4) is 0 Å². The van der Waals surface area contributed by atoms with E-state index in [0.717, 1.165) is 5.56 Å². The minimum absolute atomic E-state index is 0.0471. The summed E-state index contributed by atoms with van der Waals surface area (Å²) in [5, 5.41) is 13.1. The van der Waals surface area contributed by atoms with Crippen LogP contribution < -0.4 is 5.32 Å². The molecule has 4 nitrogen and oxygen atoms in total. The van der Waals surface area contributed by atoms with E-state index in [9.17, 15) is 23.1 Å². The van der Waals surface area contributed by atoms with E-state index >= 15 is 0 Å². The summed E-state index contributed by atoms with van der Waals surface area (Å²) in [5.41, 5.74) is -0.474. The molecule has 2 saturated carbocycles. The average molecular weight is 342 g/mol. The van der Waals surface area contributed by atoms with E-state index in [4.69, 9.17) is 0 Å². The van der Waals surface area contributed by atoms with Crippen molar-refractivity contribution in [1.82, 2.24) is 10.3 Å². The lowest BCUT2D eigenvalue weighted by atomic mass is 9.77. The number of carbonyl (C=O) groups excluding carboxylic acids is 1. The van der Waals surface area contributed by atoms with Gasteiger partial charge >= 0.3 is 6.18 Å². The monoisotopic (exact) mass is 342 g/mol. The molecule has 2 aliphatic carbocycles. The molecule has 1 amide bonds. The zero-order valence-corrected chi connectivity index (χ0v) is 13.2. The molecule has 2 fully saturated rings. The lowest BCUT2D eigenvalue weighted by Crippen LogP contribution is -2.48. The third-order valence-electron chi connectivity index (χ3n) is 5.12. The number of alkyl halides is 3. The Morgan fingerprint density at radius 1 is 1.46 bits per heavy atom. The van der Waals surface area contributed by atoms with Crippen molar-refractivity contribution in [2.24, 2.45) is 11.8 Å². The van der Waals surface area contributed by atoms with Gasteiger partial charge < -0.3 is 10.4 Å². The van der Waals surface area contributed by atoms with Gasteiger partial charge in [-0.3, -0.25) is 9.78 Å². The van der Waals surface area contributed by atoms with Gasteiger partial charge in [0.2, 0.25) is 5.91 Å². The Labute approximate surface area is 138 Å². The van der Waals surface area contributed by atoms with Crippen molar-refractivity contribution in [3.05, 3.63) is 30.1 Å². The van der Waals surface area contributed by atoms with Crippen molar-refractivity contribution in [3.8, 4) is 0 Å². The summed E-state index contributed by atoms with van der Waals surface area (Å²) in [6.45, 7) is -0.116. The SMILES string of the molecule is O=C(NC[C@]1(O)CCC[C@H](C(F)(F)F)C1)[C@@H]1C[C@H]1c1cccnc1. The highest BCUT2D eigenvalue weighted by molar-refractivity contribution is 5.82. The van der Waals surface area contributed by atoms with Gasteiger partial charge in [-0.05, 0) is 49.7 Å². The van der Waals surface area contributed by atoms with Crippen LogP contribution in [0.25, 0.3) is 0 Å². The first-order chi connectivity index (χ1) is 11.3. The molecule has 7 heteroatoms. The Morgan fingerprint density at radius 3 is 2.92 bits per heavy atom. The molecule has 0 saturated heterocycles. The number of hydrogen-bond donors (Lipinski definition) is 2. The fraction of sp³-hybridized carbons (Fsp3) is 0.647. The van der Waals surface area contributed by atoms with Crippen LogP contribution in [0, 0.1) is 11.8 Å². The normalized spacial score (nSPS) is 33.1. The highest BCUT2D eigenvalue weighted by atomic mass is 19.4. The first-order valence-electron chi connectivity index (χ1n) is 8.25. The number of amides is 1. The van der Waals surface area contributed by atoms with Gasteiger partial charge in [0.25, 0.3) is 0 Å². The smallest absolute Gasteiger partial charge is 0.388 e. The molecule has 0 spiro atoms. The quantitative estimate of drug-likeness (QED) is 0.884. The first kappa shape index (κ1) is 17.2. The Balaban J connectivity index is 1.51. The number of halogens is 3. The number of aliphatic hydroxyl groups is 1. The van der Waals surface area contributed by atoms with Gasteiger partial charge in [0.05, 0.1) is 11.5 Å².